The van der Waals surface area contributed by atoms with E-state index in [0.29, 0.717) is 0 Å². The second-order valence-corrected chi connectivity index (χ2v) is 3.43. The molecule has 11 heavy (non-hydrogen) atoms. The maximum atomic E-state index is 9.85. The molecule has 0 amide bonds. The molecular weight excluding hydrogens is 140 g/mol. The molecule has 1 saturated carbocycles. The van der Waals surface area contributed by atoms with Gasteiger partial charge in [-0.2, -0.15) is 0 Å². The lowest BCUT2D eigenvalue weighted by atomic mass is 9.87. The van der Waals surface area contributed by atoms with E-state index in [1.165, 1.54) is 0 Å². The van der Waals surface area contributed by atoms with E-state index in [2.05, 4.69) is 6.58 Å². The largest absolute Gasteiger partial charge is 0.393 e. The second-order valence-electron chi connectivity index (χ2n) is 3.43. The van der Waals surface area contributed by atoms with Crippen molar-refractivity contribution in [1.82, 2.24) is 0 Å². The van der Waals surface area contributed by atoms with Crippen LogP contribution in [0, 0.1) is 5.92 Å². The lowest BCUT2D eigenvalue weighted by Crippen LogP contribution is -2.36. The average Bonchev–Trinajstić information content (AvgIpc) is 2.32. The standard InChI is InChI=1S/C9H16O2/c1-3-9(11)6-4-5-8(9)7(2)10/h3,7-8,10-11H,1,4-6H2,2H3/t7-,8+,9-/m0/s1. The molecule has 64 valence electrons. The summed E-state index contributed by atoms with van der Waals surface area (Å²) in [7, 11) is 0. The number of aliphatic hydroxyl groups excluding tert-OH is 1. The van der Waals surface area contributed by atoms with Crippen LogP contribution < -0.4 is 0 Å². The van der Waals surface area contributed by atoms with Gasteiger partial charge in [0, 0.05) is 5.92 Å². The lowest BCUT2D eigenvalue weighted by Gasteiger charge is -2.28. The summed E-state index contributed by atoms with van der Waals surface area (Å²) in [6, 6.07) is 0. The summed E-state index contributed by atoms with van der Waals surface area (Å²) in [6.07, 6.45) is 3.77. The van der Waals surface area contributed by atoms with Crippen LogP contribution in [0.25, 0.3) is 0 Å². The highest BCUT2D eigenvalue weighted by atomic mass is 16.3. The molecule has 2 N–H and O–H groups in total. The van der Waals surface area contributed by atoms with Crippen LogP contribution in [0.4, 0.5) is 0 Å². The summed E-state index contributed by atoms with van der Waals surface area (Å²) >= 11 is 0. The van der Waals surface area contributed by atoms with E-state index in [1.54, 1.807) is 13.0 Å². The minimum atomic E-state index is -0.811. The Morgan fingerprint density at radius 3 is 2.73 bits per heavy atom. The molecule has 0 aromatic heterocycles. The Morgan fingerprint density at radius 2 is 2.36 bits per heavy atom. The molecule has 0 unspecified atom stereocenters. The molecular formula is C9H16O2. The van der Waals surface area contributed by atoms with Gasteiger partial charge in [-0.1, -0.05) is 6.08 Å². The smallest absolute Gasteiger partial charge is 0.0877 e. The highest BCUT2D eigenvalue weighted by Gasteiger charge is 2.40. The van der Waals surface area contributed by atoms with Gasteiger partial charge in [0.15, 0.2) is 0 Å². The summed E-state index contributed by atoms with van der Waals surface area (Å²) in [6.45, 7) is 5.31. The molecule has 0 spiro atoms. The van der Waals surface area contributed by atoms with E-state index in [9.17, 15) is 10.2 Å². The summed E-state index contributed by atoms with van der Waals surface area (Å²) in [5.74, 6) is -0.0139. The zero-order valence-electron chi connectivity index (χ0n) is 6.95. The van der Waals surface area contributed by atoms with Gasteiger partial charge in [-0.25, -0.2) is 0 Å². The molecule has 0 saturated heterocycles. The molecule has 2 nitrogen and oxygen atoms in total. The van der Waals surface area contributed by atoms with Crippen molar-refractivity contribution in [3.05, 3.63) is 12.7 Å². The van der Waals surface area contributed by atoms with Crippen molar-refractivity contribution in [2.45, 2.75) is 37.9 Å². The third-order valence-electron chi connectivity index (χ3n) is 2.67. The summed E-state index contributed by atoms with van der Waals surface area (Å²) in [5.41, 5.74) is -0.811. The monoisotopic (exact) mass is 156 g/mol. The van der Waals surface area contributed by atoms with E-state index >= 15 is 0 Å². The van der Waals surface area contributed by atoms with Gasteiger partial charge in [0.2, 0.25) is 0 Å². The first-order chi connectivity index (χ1) is 5.10. The SMILES string of the molecule is C=C[C@]1(O)CCC[C@@H]1[C@H](C)O. The van der Waals surface area contributed by atoms with Crippen LogP contribution in [0.5, 0.6) is 0 Å². The number of hydrogen-bond acceptors (Lipinski definition) is 2. The number of rotatable bonds is 2. The van der Waals surface area contributed by atoms with Crippen LogP contribution in [0.1, 0.15) is 26.2 Å². The van der Waals surface area contributed by atoms with Gasteiger partial charge in [-0.15, -0.1) is 6.58 Å². The third kappa shape index (κ3) is 1.47. The highest BCUT2D eigenvalue weighted by Crippen LogP contribution is 2.38. The number of hydrogen-bond donors (Lipinski definition) is 2. The molecule has 1 aliphatic rings. The van der Waals surface area contributed by atoms with Crippen LogP contribution in [0.15, 0.2) is 12.7 Å². The zero-order chi connectivity index (χ0) is 8.48. The summed E-state index contributed by atoms with van der Waals surface area (Å²) in [4.78, 5) is 0. The molecule has 0 aromatic rings. The molecule has 0 aliphatic heterocycles. The Labute approximate surface area is 67.6 Å². The van der Waals surface area contributed by atoms with E-state index in [4.69, 9.17) is 0 Å². The van der Waals surface area contributed by atoms with E-state index < -0.39 is 11.7 Å². The van der Waals surface area contributed by atoms with E-state index in [0.717, 1.165) is 19.3 Å². The zero-order valence-corrected chi connectivity index (χ0v) is 6.95. The van der Waals surface area contributed by atoms with E-state index in [1.807, 2.05) is 0 Å². The Hall–Kier alpha value is -0.340. The maximum absolute atomic E-state index is 9.85. The Bertz CT molecular complexity index is 154. The van der Waals surface area contributed by atoms with Crippen molar-refractivity contribution in [2.24, 2.45) is 5.92 Å². The van der Waals surface area contributed by atoms with Crippen LogP contribution in [-0.4, -0.2) is 21.9 Å². The van der Waals surface area contributed by atoms with Crippen LogP contribution in [0.2, 0.25) is 0 Å². The molecule has 0 heterocycles. The highest BCUT2D eigenvalue weighted by molar-refractivity contribution is 5.05. The molecule has 1 rings (SSSR count). The molecule has 0 aromatic carbocycles. The van der Waals surface area contributed by atoms with Gasteiger partial charge in [-0.05, 0) is 26.2 Å². The third-order valence-corrected chi connectivity index (χ3v) is 2.67. The van der Waals surface area contributed by atoms with Gasteiger partial charge in [0.05, 0.1) is 11.7 Å². The topological polar surface area (TPSA) is 40.5 Å². The van der Waals surface area contributed by atoms with Crippen LogP contribution in [0.3, 0.4) is 0 Å². The second kappa shape index (κ2) is 2.95. The minimum absolute atomic E-state index is 0.0139. The van der Waals surface area contributed by atoms with Gasteiger partial charge < -0.3 is 10.2 Å². The van der Waals surface area contributed by atoms with Gasteiger partial charge >= 0.3 is 0 Å². The molecule has 0 radical (unpaired) electrons. The molecule has 0 bridgehead atoms. The normalized spacial score (nSPS) is 40.5. The fourth-order valence-corrected chi connectivity index (χ4v) is 1.95. The lowest BCUT2D eigenvalue weighted by molar-refractivity contribution is -0.0102. The first kappa shape index (κ1) is 8.75. The average molecular weight is 156 g/mol. The molecule has 1 fully saturated rings. The summed E-state index contributed by atoms with van der Waals surface area (Å²) in [5, 5.41) is 19.2. The predicted molar refractivity (Wildman–Crippen MR) is 44.2 cm³/mol. The Kier molecular flexibility index (Phi) is 2.35. The Balaban J connectivity index is 2.72. The van der Waals surface area contributed by atoms with Crippen molar-refractivity contribution in [1.29, 1.82) is 0 Å². The van der Waals surface area contributed by atoms with Crippen LogP contribution in [-0.2, 0) is 0 Å². The summed E-state index contributed by atoms with van der Waals surface area (Å²) < 4.78 is 0. The fraction of sp³-hybridized carbons (Fsp3) is 0.778. The molecule has 2 heteroatoms. The van der Waals surface area contributed by atoms with Crippen molar-refractivity contribution >= 4 is 0 Å². The molecule has 3 atom stereocenters. The number of aliphatic hydroxyl groups is 2. The van der Waals surface area contributed by atoms with E-state index in [-0.39, 0.29) is 5.92 Å². The molecule has 1 aliphatic carbocycles. The van der Waals surface area contributed by atoms with Gasteiger partial charge in [-0.3, -0.25) is 0 Å². The fourth-order valence-electron chi connectivity index (χ4n) is 1.95. The van der Waals surface area contributed by atoms with Crippen molar-refractivity contribution < 1.29 is 10.2 Å². The maximum Gasteiger partial charge on any atom is 0.0877 e. The van der Waals surface area contributed by atoms with Crippen molar-refractivity contribution in [3.8, 4) is 0 Å². The predicted octanol–water partition coefficient (Wildman–Crippen LogP) is 1.08. The van der Waals surface area contributed by atoms with Gasteiger partial charge in [0.1, 0.15) is 0 Å². The quantitative estimate of drug-likeness (QED) is 0.587. The van der Waals surface area contributed by atoms with Crippen LogP contribution >= 0.6 is 0 Å². The Morgan fingerprint density at radius 1 is 1.73 bits per heavy atom. The van der Waals surface area contributed by atoms with Crippen molar-refractivity contribution in [3.63, 3.8) is 0 Å². The first-order valence-electron chi connectivity index (χ1n) is 4.14. The van der Waals surface area contributed by atoms with Crippen molar-refractivity contribution in [2.75, 3.05) is 0 Å². The first-order valence-corrected chi connectivity index (χ1v) is 4.14. The van der Waals surface area contributed by atoms with Gasteiger partial charge in [0.25, 0.3) is 0 Å². The minimum Gasteiger partial charge on any atom is -0.393 e.